The summed E-state index contributed by atoms with van der Waals surface area (Å²) in [4.78, 5) is 37.0. The minimum atomic E-state index is -0.549. The Morgan fingerprint density at radius 1 is 1.08 bits per heavy atom. The van der Waals surface area contributed by atoms with Crippen molar-refractivity contribution in [2.24, 2.45) is 5.92 Å². The first-order valence-corrected chi connectivity index (χ1v) is 8.30. The average molecular weight is 347 g/mol. The van der Waals surface area contributed by atoms with Gasteiger partial charge in [0.15, 0.2) is 0 Å². The maximum Gasteiger partial charge on any atom is 0.410 e. The van der Waals surface area contributed by atoms with E-state index in [-0.39, 0.29) is 23.8 Å². The van der Waals surface area contributed by atoms with Crippen LogP contribution in [0.2, 0.25) is 0 Å². The lowest BCUT2D eigenvalue weighted by atomic mass is 10.1. The number of hydrogen-bond acceptors (Lipinski definition) is 4. The quantitative estimate of drug-likeness (QED) is 0.880. The van der Waals surface area contributed by atoms with Crippen molar-refractivity contribution in [1.82, 2.24) is 4.90 Å². The minimum absolute atomic E-state index is 0.127. The number of anilines is 2. The van der Waals surface area contributed by atoms with E-state index in [2.05, 4.69) is 10.6 Å². The molecule has 0 radical (unpaired) electrons. The van der Waals surface area contributed by atoms with Gasteiger partial charge in [-0.1, -0.05) is 0 Å². The summed E-state index contributed by atoms with van der Waals surface area (Å²) in [7, 11) is 0. The van der Waals surface area contributed by atoms with Crippen molar-refractivity contribution in [3.8, 4) is 0 Å². The highest BCUT2D eigenvalue weighted by Gasteiger charge is 2.33. The van der Waals surface area contributed by atoms with Gasteiger partial charge in [0, 0.05) is 31.4 Å². The molecule has 1 fully saturated rings. The molecule has 1 heterocycles. The zero-order valence-electron chi connectivity index (χ0n) is 15.1. The molecule has 1 aromatic carbocycles. The van der Waals surface area contributed by atoms with Crippen molar-refractivity contribution in [2.75, 3.05) is 23.7 Å². The molecule has 1 aliphatic heterocycles. The topological polar surface area (TPSA) is 87.7 Å². The third-order valence-corrected chi connectivity index (χ3v) is 3.68. The van der Waals surface area contributed by atoms with Crippen molar-refractivity contribution in [1.29, 1.82) is 0 Å². The van der Waals surface area contributed by atoms with Gasteiger partial charge < -0.3 is 20.3 Å². The van der Waals surface area contributed by atoms with Crippen LogP contribution in [0.5, 0.6) is 0 Å². The molecular formula is C18H25N3O4. The van der Waals surface area contributed by atoms with Crippen molar-refractivity contribution in [2.45, 2.75) is 39.7 Å². The second kappa shape index (κ2) is 7.55. The number of carbonyl (C=O) groups excluding carboxylic acids is 3. The summed E-state index contributed by atoms with van der Waals surface area (Å²) in [5.41, 5.74) is 0.768. The van der Waals surface area contributed by atoms with Crippen molar-refractivity contribution in [3.05, 3.63) is 24.3 Å². The second-order valence-corrected chi connectivity index (χ2v) is 7.16. The largest absolute Gasteiger partial charge is 0.444 e. The smallest absolute Gasteiger partial charge is 0.410 e. The van der Waals surface area contributed by atoms with Gasteiger partial charge in [-0.05, 0) is 51.5 Å². The van der Waals surface area contributed by atoms with E-state index >= 15 is 0 Å². The fraction of sp³-hybridized carbons (Fsp3) is 0.500. The monoisotopic (exact) mass is 347 g/mol. The number of ether oxygens (including phenoxy) is 1. The maximum atomic E-state index is 12.4. The number of benzene rings is 1. The Morgan fingerprint density at radius 3 is 2.16 bits per heavy atom. The van der Waals surface area contributed by atoms with E-state index in [0.29, 0.717) is 30.9 Å². The Hall–Kier alpha value is -2.57. The van der Waals surface area contributed by atoms with Crippen LogP contribution >= 0.6 is 0 Å². The number of amides is 3. The molecule has 0 bridgehead atoms. The summed E-state index contributed by atoms with van der Waals surface area (Å²) in [6.07, 6.45) is 0.220. The average Bonchev–Trinajstić information content (AvgIpc) is 2.97. The van der Waals surface area contributed by atoms with E-state index in [4.69, 9.17) is 4.74 Å². The first kappa shape index (κ1) is 18.8. The van der Waals surface area contributed by atoms with Gasteiger partial charge in [0.05, 0.1) is 5.92 Å². The third kappa shape index (κ3) is 5.77. The summed E-state index contributed by atoms with van der Waals surface area (Å²) in [5, 5.41) is 5.51. The van der Waals surface area contributed by atoms with Crippen LogP contribution in [0.1, 0.15) is 34.1 Å². The first-order chi connectivity index (χ1) is 11.6. The predicted octanol–water partition coefficient (Wildman–Crippen LogP) is 2.84. The molecule has 1 saturated heterocycles. The van der Waals surface area contributed by atoms with Gasteiger partial charge in [0.2, 0.25) is 11.8 Å². The second-order valence-electron chi connectivity index (χ2n) is 7.16. The molecule has 1 aliphatic rings. The predicted molar refractivity (Wildman–Crippen MR) is 95.3 cm³/mol. The Labute approximate surface area is 147 Å². The molecule has 0 saturated carbocycles. The minimum Gasteiger partial charge on any atom is -0.444 e. The van der Waals surface area contributed by atoms with E-state index in [9.17, 15) is 14.4 Å². The molecule has 136 valence electrons. The molecule has 7 heteroatoms. The van der Waals surface area contributed by atoms with Crippen molar-refractivity contribution >= 4 is 29.3 Å². The highest BCUT2D eigenvalue weighted by Crippen LogP contribution is 2.21. The van der Waals surface area contributed by atoms with Crippen LogP contribution < -0.4 is 10.6 Å². The molecule has 2 rings (SSSR count). The van der Waals surface area contributed by atoms with Crippen LogP contribution in [0, 0.1) is 5.92 Å². The number of likely N-dealkylation sites (tertiary alicyclic amines) is 1. The molecule has 3 amide bonds. The van der Waals surface area contributed by atoms with Gasteiger partial charge in [-0.3, -0.25) is 9.59 Å². The molecular weight excluding hydrogens is 322 g/mol. The molecule has 0 aromatic heterocycles. The summed E-state index contributed by atoms with van der Waals surface area (Å²) in [6.45, 7) is 7.74. The molecule has 0 spiro atoms. The Balaban J connectivity index is 1.87. The number of nitrogens with one attached hydrogen (secondary N) is 2. The van der Waals surface area contributed by atoms with Gasteiger partial charge in [-0.15, -0.1) is 0 Å². The summed E-state index contributed by atoms with van der Waals surface area (Å²) >= 11 is 0. The van der Waals surface area contributed by atoms with Crippen LogP contribution in [0.15, 0.2) is 24.3 Å². The SMILES string of the molecule is CC(=O)Nc1ccc(NC(=O)[C@H]2CCN(C(=O)OC(C)(C)C)C2)cc1. The van der Waals surface area contributed by atoms with Gasteiger partial charge in [0.25, 0.3) is 0 Å². The van der Waals surface area contributed by atoms with Crippen LogP contribution in [-0.4, -0.2) is 41.5 Å². The number of hydrogen-bond donors (Lipinski definition) is 2. The highest BCUT2D eigenvalue weighted by molar-refractivity contribution is 5.94. The van der Waals surface area contributed by atoms with E-state index in [1.54, 1.807) is 29.2 Å². The number of rotatable bonds is 3. The third-order valence-electron chi connectivity index (χ3n) is 3.68. The van der Waals surface area contributed by atoms with Gasteiger partial charge in [-0.25, -0.2) is 4.79 Å². The number of nitrogens with zero attached hydrogens (tertiary/aromatic N) is 1. The molecule has 0 unspecified atom stereocenters. The van der Waals surface area contributed by atoms with E-state index in [0.717, 1.165) is 0 Å². The van der Waals surface area contributed by atoms with Crippen LogP contribution in [0.25, 0.3) is 0 Å². The van der Waals surface area contributed by atoms with Gasteiger partial charge in [0.1, 0.15) is 5.60 Å². The molecule has 0 aliphatic carbocycles. The zero-order chi connectivity index (χ0) is 18.6. The maximum absolute atomic E-state index is 12.4. The summed E-state index contributed by atoms with van der Waals surface area (Å²) < 4.78 is 5.33. The normalized spacial score (nSPS) is 17.1. The Kier molecular flexibility index (Phi) is 5.66. The lowest BCUT2D eigenvalue weighted by molar-refractivity contribution is -0.119. The van der Waals surface area contributed by atoms with Gasteiger partial charge >= 0.3 is 6.09 Å². The van der Waals surface area contributed by atoms with Crippen molar-refractivity contribution in [3.63, 3.8) is 0 Å². The fourth-order valence-electron chi connectivity index (χ4n) is 2.55. The van der Waals surface area contributed by atoms with Crippen LogP contribution in [0.3, 0.4) is 0 Å². The van der Waals surface area contributed by atoms with Crippen molar-refractivity contribution < 1.29 is 19.1 Å². The molecule has 7 nitrogen and oxygen atoms in total. The Bertz CT molecular complexity index is 649. The zero-order valence-corrected chi connectivity index (χ0v) is 15.1. The number of carbonyl (C=O) groups is 3. The first-order valence-electron chi connectivity index (χ1n) is 8.30. The van der Waals surface area contributed by atoms with E-state index in [1.165, 1.54) is 6.92 Å². The lowest BCUT2D eigenvalue weighted by Crippen LogP contribution is -2.36. The molecule has 25 heavy (non-hydrogen) atoms. The fourth-order valence-corrected chi connectivity index (χ4v) is 2.55. The van der Waals surface area contributed by atoms with Gasteiger partial charge in [-0.2, -0.15) is 0 Å². The standard InChI is InChI=1S/C18H25N3O4/c1-12(22)19-14-5-7-15(8-6-14)20-16(23)13-9-10-21(11-13)17(24)25-18(2,3)4/h5-8,13H,9-11H2,1-4H3,(H,19,22)(H,20,23)/t13-/m0/s1. The van der Waals surface area contributed by atoms with Crippen LogP contribution in [-0.2, 0) is 14.3 Å². The summed E-state index contributed by atoms with van der Waals surface area (Å²) in [5.74, 6) is -0.536. The van der Waals surface area contributed by atoms with E-state index in [1.807, 2.05) is 20.8 Å². The molecule has 1 atom stereocenters. The molecule has 1 aromatic rings. The molecule has 2 N–H and O–H groups in total. The highest BCUT2D eigenvalue weighted by atomic mass is 16.6. The van der Waals surface area contributed by atoms with E-state index < -0.39 is 5.60 Å². The Morgan fingerprint density at radius 2 is 1.64 bits per heavy atom. The van der Waals surface area contributed by atoms with Crippen LogP contribution in [0.4, 0.5) is 16.2 Å². The lowest BCUT2D eigenvalue weighted by Gasteiger charge is -2.24. The summed E-state index contributed by atoms with van der Waals surface area (Å²) in [6, 6.07) is 6.89.